The molecule has 11 heteroatoms. The lowest BCUT2D eigenvalue weighted by Crippen LogP contribution is -2.59. The van der Waals surface area contributed by atoms with Crippen LogP contribution in [0, 0.1) is 11.3 Å². The average molecular weight is 481 g/mol. The van der Waals surface area contributed by atoms with Gasteiger partial charge in [0.1, 0.15) is 29.7 Å². The van der Waals surface area contributed by atoms with Gasteiger partial charge in [-0.1, -0.05) is 0 Å². The van der Waals surface area contributed by atoms with Crippen molar-refractivity contribution in [2.45, 2.75) is 49.2 Å². The zero-order valence-corrected chi connectivity index (χ0v) is 19.5. The van der Waals surface area contributed by atoms with E-state index in [-0.39, 0.29) is 11.0 Å². The molecular weight excluding hydrogens is 455 g/mol. The first kappa shape index (κ1) is 20.4. The number of aromatic amines is 1. The summed E-state index contributed by atoms with van der Waals surface area (Å²) >= 11 is 1.55. The monoisotopic (exact) mass is 480 g/mol. The Morgan fingerprint density at radius 3 is 3.09 bits per heavy atom. The van der Waals surface area contributed by atoms with Crippen molar-refractivity contribution < 1.29 is 9.13 Å². The van der Waals surface area contributed by atoms with Crippen LogP contribution >= 0.6 is 11.3 Å². The van der Waals surface area contributed by atoms with Crippen molar-refractivity contribution in [2.75, 3.05) is 43.4 Å². The lowest BCUT2D eigenvalue weighted by atomic mass is 9.74. The molecule has 176 valence electrons. The van der Waals surface area contributed by atoms with Crippen molar-refractivity contribution in [1.82, 2.24) is 25.1 Å². The Labute approximate surface area is 199 Å². The highest BCUT2D eigenvalue weighted by Crippen LogP contribution is 2.52. The molecule has 3 saturated heterocycles. The predicted molar refractivity (Wildman–Crippen MR) is 126 cm³/mol. The Hall–Kier alpha value is -2.97. The molecule has 0 amide bonds. The van der Waals surface area contributed by atoms with Gasteiger partial charge >= 0.3 is 6.01 Å². The van der Waals surface area contributed by atoms with Gasteiger partial charge in [0.05, 0.1) is 22.7 Å². The molecule has 4 aliphatic rings. The molecule has 0 bridgehead atoms. The summed E-state index contributed by atoms with van der Waals surface area (Å²) in [7, 11) is 0. The maximum atomic E-state index is 14.1. The first-order valence-electron chi connectivity index (χ1n) is 11.8. The molecule has 7 rings (SSSR count). The molecule has 0 aromatic carbocycles. The molecule has 3 N–H and O–H groups in total. The van der Waals surface area contributed by atoms with Crippen molar-refractivity contribution >= 4 is 33.2 Å². The summed E-state index contributed by atoms with van der Waals surface area (Å²) < 4.78 is 20.3. The van der Waals surface area contributed by atoms with Crippen molar-refractivity contribution in [3.05, 3.63) is 22.2 Å². The normalized spacial score (nSPS) is 27.2. The van der Waals surface area contributed by atoms with Crippen molar-refractivity contribution in [3.63, 3.8) is 0 Å². The number of nitrogens with one attached hydrogen (secondary N) is 1. The van der Waals surface area contributed by atoms with Crippen LogP contribution in [0.4, 0.5) is 15.2 Å². The standard InChI is InChI=1S/C23H25FN8OS/c24-13-6-23(3-1-5-32(23)9-13)12-33-21-28-19-15(8-27-30-19)20(29-21)31-10-22(11-31)4-2-16-17(22)14(7-25)18(26)34-16/h8,13H,1-6,9-12,26H2,(H,27,28,29,30)/t13-,23+/m1/s1. The molecule has 2 atom stereocenters. The number of anilines is 2. The Balaban J connectivity index is 1.16. The molecule has 0 saturated carbocycles. The Kier molecular flexibility index (Phi) is 4.22. The lowest BCUT2D eigenvalue weighted by molar-refractivity contribution is 0.107. The number of rotatable bonds is 4. The molecule has 1 aliphatic carbocycles. The third-order valence-electron chi connectivity index (χ3n) is 8.27. The third-order valence-corrected chi connectivity index (χ3v) is 9.35. The fourth-order valence-electron chi connectivity index (χ4n) is 6.73. The largest absolute Gasteiger partial charge is 0.461 e. The van der Waals surface area contributed by atoms with E-state index in [1.807, 2.05) is 0 Å². The number of hydrogen-bond donors (Lipinski definition) is 2. The van der Waals surface area contributed by atoms with Crippen LogP contribution in [0.1, 0.15) is 41.7 Å². The van der Waals surface area contributed by atoms with E-state index < -0.39 is 6.17 Å². The van der Waals surface area contributed by atoms with Gasteiger partial charge in [0.2, 0.25) is 0 Å². The van der Waals surface area contributed by atoms with E-state index in [1.165, 1.54) is 4.88 Å². The van der Waals surface area contributed by atoms with Crippen LogP contribution in [-0.4, -0.2) is 69.6 Å². The van der Waals surface area contributed by atoms with Crippen LogP contribution in [0.5, 0.6) is 6.01 Å². The molecule has 9 nitrogen and oxygen atoms in total. The molecule has 3 aromatic rings. The predicted octanol–water partition coefficient (Wildman–Crippen LogP) is 2.53. The van der Waals surface area contributed by atoms with E-state index in [0.717, 1.165) is 62.1 Å². The number of thiophene rings is 1. The first-order chi connectivity index (χ1) is 16.5. The number of nitrogens with zero attached hydrogens (tertiary/aromatic N) is 6. The molecule has 0 unspecified atom stereocenters. The molecule has 0 radical (unpaired) electrons. The number of hydrogen-bond acceptors (Lipinski definition) is 9. The van der Waals surface area contributed by atoms with Gasteiger partial charge in [0, 0.05) is 36.3 Å². The smallest absolute Gasteiger partial charge is 0.320 e. The number of nitrogens with two attached hydrogens (primary N) is 1. The minimum Gasteiger partial charge on any atom is -0.461 e. The number of H-pyrrole nitrogens is 1. The van der Waals surface area contributed by atoms with Crippen LogP contribution < -0.4 is 15.4 Å². The van der Waals surface area contributed by atoms with Crippen molar-refractivity contribution in [3.8, 4) is 12.1 Å². The van der Waals surface area contributed by atoms with Crippen LogP contribution in [-0.2, 0) is 11.8 Å². The number of fused-ring (bicyclic) bond motifs is 4. The maximum absolute atomic E-state index is 14.1. The van der Waals surface area contributed by atoms with Gasteiger partial charge in [-0.3, -0.25) is 10.00 Å². The SMILES string of the molecule is N#Cc1c(N)sc2c1C1(CC2)CN(c2nc(OC[C@@]34CCCN3C[C@H](F)C4)nc3[nH]ncc23)C1. The molecule has 34 heavy (non-hydrogen) atoms. The van der Waals surface area contributed by atoms with E-state index in [0.29, 0.717) is 41.8 Å². The number of halogens is 1. The van der Waals surface area contributed by atoms with Crippen LogP contribution in [0.2, 0.25) is 0 Å². The zero-order chi connectivity index (χ0) is 23.1. The van der Waals surface area contributed by atoms with Crippen LogP contribution in [0.3, 0.4) is 0 Å². The molecular formula is C23H25FN8OS. The van der Waals surface area contributed by atoms with Gasteiger partial charge < -0.3 is 15.4 Å². The fourth-order valence-corrected chi connectivity index (χ4v) is 7.87. The summed E-state index contributed by atoms with van der Waals surface area (Å²) in [6.45, 7) is 3.33. The van der Waals surface area contributed by atoms with Crippen molar-refractivity contribution in [1.29, 1.82) is 5.26 Å². The number of aryl methyl sites for hydroxylation is 1. The number of nitriles is 1. The average Bonchev–Trinajstić information content (AvgIpc) is 3.56. The number of alkyl halides is 1. The zero-order valence-electron chi connectivity index (χ0n) is 18.7. The molecule has 3 aromatic heterocycles. The minimum absolute atomic E-state index is 0.0557. The number of ether oxygens (including phenoxy) is 1. The summed E-state index contributed by atoms with van der Waals surface area (Å²) in [5, 5.41) is 18.3. The minimum atomic E-state index is -0.798. The van der Waals surface area contributed by atoms with Gasteiger partial charge in [-0.15, -0.1) is 11.3 Å². The summed E-state index contributed by atoms with van der Waals surface area (Å²) in [5.74, 6) is 0.783. The van der Waals surface area contributed by atoms with Gasteiger partial charge in [0.25, 0.3) is 0 Å². The highest BCUT2D eigenvalue weighted by atomic mass is 32.1. The number of nitrogen functional groups attached to an aromatic ring is 1. The quantitative estimate of drug-likeness (QED) is 0.585. The Morgan fingerprint density at radius 1 is 1.35 bits per heavy atom. The van der Waals surface area contributed by atoms with Crippen LogP contribution in [0.15, 0.2) is 6.20 Å². The highest BCUT2D eigenvalue weighted by molar-refractivity contribution is 7.16. The molecule has 3 aliphatic heterocycles. The Morgan fingerprint density at radius 2 is 2.24 bits per heavy atom. The van der Waals surface area contributed by atoms with Crippen molar-refractivity contribution in [2.24, 2.45) is 0 Å². The second-order valence-electron chi connectivity index (χ2n) is 10.2. The Bertz CT molecular complexity index is 1340. The molecule has 3 fully saturated rings. The highest BCUT2D eigenvalue weighted by Gasteiger charge is 2.52. The van der Waals surface area contributed by atoms with E-state index in [2.05, 4.69) is 31.1 Å². The van der Waals surface area contributed by atoms with Crippen LogP contribution in [0.25, 0.3) is 11.0 Å². The maximum Gasteiger partial charge on any atom is 0.320 e. The fraction of sp³-hybridized carbons (Fsp3) is 0.565. The molecule has 1 spiro atoms. The van der Waals surface area contributed by atoms with E-state index in [1.54, 1.807) is 17.5 Å². The summed E-state index contributed by atoms with van der Waals surface area (Å²) in [6.07, 6.45) is 5.44. The first-order valence-corrected chi connectivity index (χ1v) is 12.6. The second-order valence-corrected chi connectivity index (χ2v) is 11.4. The number of aromatic nitrogens is 4. The third kappa shape index (κ3) is 2.75. The van der Waals surface area contributed by atoms with Gasteiger partial charge in [-0.25, -0.2) is 4.39 Å². The van der Waals surface area contributed by atoms with E-state index in [4.69, 9.17) is 15.5 Å². The summed E-state index contributed by atoms with van der Waals surface area (Å²) in [5.41, 5.74) is 8.24. The van der Waals surface area contributed by atoms with E-state index in [9.17, 15) is 9.65 Å². The topological polar surface area (TPSA) is 120 Å². The summed E-state index contributed by atoms with van der Waals surface area (Å²) in [6, 6.07) is 2.62. The van der Waals surface area contributed by atoms with Gasteiger partial charge in [0.15, 0.2) is 5.65 Å². The lowest BCUT2D eigenvalue weighted by Gasteiger charge is -2.49. The van der Waals surface area contributed by atoms with Gasteiger partial charge in [-0.2, -0.15) is 20.3 Å². The van der Waals surface area contributed by atoms with Gasteiger partial charge in [-0.05, 0) is 37.8 Å². The summed E-state index contributed by atoms with van der Waals surface area (Å²) in [4.78, 5) is 15.0. The van der Waals surface area contributed by atoms with E-state index >= 15 is 0 Å². The second kappa shape index (κ2) is 7.02. The molecule has 6 heterocycles.